The van der Waals surface area contributed by atoms with E-state index in [0.29, 0.717) is 18.8 Å². The number of piperazine rings is 1. The molecule has 0 radical (unpaired) electrons. The van der Waals surface area contributed by atoms with E-state index < -0.39 is 18.2 Å². The maximum atomic E-state index is 14.3. The predicted octanol–water partition coefficient (Wildman–Crippen LogP) is 3.21. The first-order valence-electron chi connectivity index (χ1n) is 15.8. The van der Waals surface area contributed by atoms with Crippen LogP contribution in [0.15, 0.2) is 103 Å². The number of aromatic nitrogens is 2. The SMILES string of the molecule is Nc1ccccc1Cn1ncc2c(CN3C[C@@H]4N(C(=O)NCc5ccccc5)NCC(=O)N4[C@@H](Cc4ccc(O)cc4)C3=O)cccc21. The van der Waals surface area contributed by atoms with Crippen LogP contribution < -0.4 is 16.5 Å². The summed E-state index contributed by atoms with van der Waals surface area (Å²) in [4.78, 5) is 44.6. The summed E-state index contributed by atoms with van der Waals surface area (Å²) in [7, 11) is 0. The van der Waals surface area contributed by atoms with Gasteiger partial charge in [-0.2, -0.15) is 5.10 Å². The summed E-state index contributed by atoms with van der Waals surface area (Å²) in [5.74, 6) is -0.385. The number of carbonyl (C=O) groups excluding carboxylic acids is 3. The first-order chi connectivity index (χ1) is 23.4. The number of amides is 4. The molecule has 1 aromatic heterocycles. The summed E-state index contributed by atoms with van der Waals surface area (Å²) in [5.41, 5.74) is 14.3. The molecule has 2 fully saturated rings. The normalized spacial score (nSPS) is 17.9. The zero-order valence-corrected chi connectivity index (χ0v) is 26.2. The molecule has 5 aromatic rings. The number of nitrogens with one attached hydrogen (secondary N) is 2. The van der Waals surface area contributed by atoms with Crippen molar-refractivity contribution in [3.05, 3.63) is 126 Å². The number of para-hydroxylation sites is 1. The van der Waals surface area contributed by atoms with Crippen molar-refractivity contribution in [1.29, 1.82) is 0 Å². The number of urea groups is 1. The van der Waals surface area contributed by atoms with Crippen molar-refractivity contribution in [1.82, 2.24) is 35.3 Å². The Morgan fingerprint density at radius 1 is 0.896 bits per heavy atom. The highest BCUT2D eigenvalue weighted by atomic mass is 16.3. The van der Waals surface area contributed by atoms with Crippen molar-refractivity contribution in [2.45, 2.75) is 38.3 Å². The van der Waals surface area contributed by atoms with Gasteiger partial charge in [-0.3, -0.25) is 14.3 Å². The molecule has 2 saturated heterocycles. The molecule has 0 aliphatic carbocycles. The van der Waals surface area contributed by atoms with Crippen molar-refractivity contribution in [3.8, 4) is 5.75 Å². The molecule has 48 heavy (non-hydrogen) atoms. The smallest absolute Gasteiger partial charge is 0.334 e. The third-order valence-electron chi connectivity index (χ3n) is 9.01. The maximum Gasteiger partial charge on any atom is 0.334 e. The fraction of sp³-hybridized carbons (Fsp3) is 0.222. The number of benzene rings is 4. The molecule has 244 valence electrons. The van der Waals surface area contributed by atoms with Crippen LogP contribution in [-0.4, -0.2) is 72.8 Å². The van der Waals surface area contributed by atoms with Gasteiger partial charge in [0.15, 0.2) is 0 Å². The molecule has 12 nitrogen and oxygen atoms in total. The lowest BCUT2D eigenvalue weighted by atomic mass is 9.98. The minimum absolute atomic E-state index is 0.105. The van der Waals surface area contributed by atoms with Gasteiger partial charge in [0.25, 0.3) is 0 Å². The molecule has 7 rings (SSSR count). The van der Waals surface area contributed by atoms with Gasteiger partial charge in [-0.1, -0.05) is 72.8 Å². The number of nitrogen functional groups attached to an aromatic ring is 1. The Balaban J connectivity index is 1.19. The average Bonchev–Trinajstić information content (AvgIpc) is 3.51. The van der Waals surface area contributed by atoms with Crippen molar-refractivity contribution >= 4 is 34.4 Å². The Labute approximate surface area is 277 Å². The van der Waals surface area contributed by atoms with E-state index in [2.05, 4.69) is 15.8 Å². The summed E-state index contributed by atoms with van der Waals surface area (Å²) in [6, 6.07) is 28.5. The van der Waals surface area contributed by atoms with E-state index in [4.69, 9.17) is 5.73 Å². The number of anilines is 1. The predicted molar refractivity (Wildman–Crippen MR) is 180 cm³/mol. The van der Waals surface area contributed by atoms with Crippen LogP contribution in [0.5, 0.6) is 5.75 Å². The molecule has 2 atom stereocenters. The highest BCUT2D eigenvalue weighted by Gasteiger charge is 2.49. The molecule has 0 saturated carbocycles. The Morgan fingerprint density at radius 3 is 2.44 bits per heavy atom. The van der Waals surface area contributed by atoms with Crippen molar-refractivity contribution in [2.24, 2.45) is 0 Å². The van der Waals surface area contributed by atoms with Gasteiger partial charge in [0.1, 0.15) is 18.0 Å². The average molecular weight is 645 g/mol. The molecule has 4 amide bonds. The standard InChI is InChI=1S/C36H36N8O4/c37-30-11-5-4-9-27(30)22-42-31-12-6-10-26(29(31)19-39-42)21-41-23-33-43(32(35(41)47)17-24-13-15-28(45)16-14-24)34(46)20-40-44(33)36(48)38-18-25-7-2-1-3-8-25/h1-16,19,32-33,40,45H,17-18,20-23,37H2,(H,38,48)/t32-,33-/m0/s1. The number of hydrogen-bond acceptors (Lipinski definition) is 7. The summed E-state index contributed by atoms with van der Waals surface area (Å²) in [6.45, 7) is 1.03. The van der Waals surface area contributed by atoms with Gasteiger partial charge in [0.05, 0.1) is 31.3 Å². The number of phenolic OH excluding ortho intramolecular Hbond substituents is 1. The van der Waals surface area contributed by atoms with Crippen LogP contribution in [-0.2, 0) is 35.6 Å². The van der Waals surface area contributed by atoms with Crippen LogP contribution >= 0.6 is 0 Å². The second kappa shape index (κ2) is 13.1. The van der Waals surface area contributed by atoms with Crippen LogP contribution in [0.25, 0.3) is 10.9 Å². The number of hydrogen-bond donors (Lipinski definition) is 4. The molecule has 2 aliphatic rings. The largest absolute Gasteiger partial charge is 0.508 e. The lowest BCUT2D eigenvalue weighted by molar-refractivity contribution is -0.170. The van der Waals surface area contributed by atoms with Crippen LogP contribution in [0.1, 0.15) is 22.3 Å². The van der Waals surface area contributed by atoms with Gasteiger partial charge in [-0.25, -0.2) is 15.2 Å². The van der Waals surface area contributed by atoms with E-state index in [-0.39, 0.29) is 43.6 Å². The number of rotatable bonds is 8. The molecule has 2 aliphatic heterocycles. The van der Waals surface area contributed by atoms with E-state index in [1.807, 2.05) is 77.5 Å². The number of hydrazine groups is 1. The Morgan fingerprint density at radius 2 is 1.65 bits per heavy atom. The van der Waals surface area contributed by atoms with Crippen molar-refractivity contribution in [3.63, 3.8) is 0 Å². The molecule has 5 N–H and O–H groups in total. The monoisotopic (exact) mass is 644 g/mol. The number of phenols is 1. The van der Waals surface area contributed by atoms with Crippen LogP contribution in [0.4, 0.5) is 10.5 Å². The number of nitrogens with two attached hydrogens (primary N) is 1. The summed E-state index contributed by atoms with van der Waals surface area (Å²) in [6.07, 6.45) is 1.26. The highest BCUT2D eigenvalue weighted by molar-refractivity contribution is 5.92. The third kappa shape index (κ3) is 6.13. The van der Waals surface area contributed by atoms with E-state index in [9.17, 15) is 19.5 Å². The molecular weight excluding hydrogens is 608 g/mol. The first kappa shape index (κ1) is 30.8. The van der Waals surface area contributed by atoms with E-state index in [1.165, 1.54) is 9.91 Å². The summed E-state index contributed by atoms with van der Waals surface area (Å²) >= 11 is 0. The molecule has 12 heteroatoms. The zero-order chi connectivity index (χ0) is 33.2. The van der Waals surface area contributed by atoms with Gasteiger partial charge in [-0.05, 0) is 46.5 Å². The number of carbonyl (C=O) groups is 3. The zero-order valence-electron chi connectivity index (χ0n) is 26.2. The van der Waals surface area contributed by atoms with Gasteiger partial charge in [0.2, 0.25) is 11.8 Å². The Kier molecular flexibility index (Phi) is 8.38. The first-order valence-corrected chi connectivity index (χ1v) is 15.8. The number of fused-ring (bicyclic) bond motifs is 2. The van der Waals surface area contributed by atoms with Crippen molar-refractivity contribution in [2.75, 3.05) is 18.8 Å². The number of aromatic hydroxyl groups is 1. The van der Waals surface area contributed by atoms with Crippen molar-refractivity contribution < 1.29 is 19.5 Å². The summed E-state index contributed by atoms with van der Waals surface area (Å²) < 4.78 is 1.89. The second-order valence-corrected chi connectivity index (χ2v) is 12.1. The van der Waals surface area contributed by atoms with Gasteiger partial charge in [0, 0.05) is 30.6 Å². The second-order valence-electron chi connectivity index (χ2n) is 12.1. The Hall–Kier alpha value is -5.88. The maximum absolute atomic E-state index is 14.3. The van der Waals surface area contributed by atoms with Crippen LogP contribution in [0.2, 0.25) is 0 Å². The molecule has 0 spiro atoms. The molecule has 0 bridgehead atoms. The topological polar surface area (TPSA) is 149 Å². The fourth-order valence-corrected chi connectivity index (χ4v) is 6.53. The molecule has 3 heterocycles. The van der Waals surface area contributed by atoms with E-state index in [0.717, 1.165) is 33.2 Å². The van der Waals surface area contributed by atoms with Gasteiger partial charge in [-0.15, -0.1) is 0 Å². The third-order valence-corrected chi connectivity index (χ3v) is 9.01. The minimum atomic E-state index is -0.865. The number of nitrogens with zero attached hydrogens (tertiary/aromatic N) is 5. The molecule has 4 aromatic carbocycles. The van der Waals surface area contributed by atoms with E-state index in [1.54, 1.807) is 35.4 Å². The van der Waals surface area contributed by atoms with Gasteiger partial charge >= 0.3 is 6.03 Å². The Bertz CT molecular complexity index is 1960. The lowest BCUT2D eigenvalue weighted by Gasteiger charge is -2.52. The molecule has 0 unspecified atom stereocenters. The summed E-state index contributed by atoms with van der Waals surface area (Å²) in [5, 5.41) is 19.8. The van der Waals surface area contributed by atoms with Crippen LogP contribution in [0.3, 0.4) is 0 Å². The van der Waals surface area contributed by atoms with Crippen LogP contribution in [0, 0.1) is 0 Å². The fourth-order valence-electron chi connectivity index (χ4n) is 6.53. The van der Waals surface area contributed by atoms with E-state index >= 15 is 0 Å². The van der Waals surface area contributed by atoms with Gasteiger partial charge < -0.3 is 26.0 Å². The quantitative estimate of drug-likeness (QED) is 0.190. The minimum Gasteiger partial charge on any atom is -0.508 e. The highest BCUT2D eigenvalue weighted by Crippen LogP contribution is 2.29. The lowest BCUT2D eigenvalue weighted by Crippen LogP contribution is -2.76. The molecular formula is C36H36N8O4.